The summed E-state index contributed by atoms with van der Waals surface area (Å²) < 4.78 is 0. The molecule has 5 rings (SSSR count). The molecule has 4 nitrogen and oxygen atoms in total. The Kier molecular flexibility index (Phi) is 3.57. The summed E-state index contributed by atoms with van der Waals surface area (Å²) in [7, 11) is 0. The smallest absolute Gasteiger partial charge is 0.248 e. The van der Waals surface area contributed by atoms with Gasteiger partial charge in [0, 0.05) is 22.7 Å². The number of anilines is 2. The first-order chi connectivity index (χ1) is 13.2. The summed E-state index contributed by atoms with van der Waals surface area (Å²) in [6.07, 6.45) is 2.40. The monoisotopic (exact) mass is 353 g/mol. The van der Waals surface area contributed by atoms with Crippen LogP contribution in [0.5, 0.6) is 0 Å². The van der Waals surface area contributed by atoms with Crippen LogP contribution in [0.2, 0.25) is 0 Å². The van der Waals surface area contributed by atoms with Gasteiger partial charge >= 0.3 is 0 Å². The molecule has 0 atom stereocenters. The molecule has 2 aliphatic rings. The number of nitrogens with zero attached hydrogens (tertiary/aromatic N) is 2. The summed E-state index contributed by atoms with van der Waals surface area (Å²) in [5.41, 5.74) is 12.2. The lowest BCUT2D eigenvalue weighted by atomic mass is 9.99. The average Bonchev–Trinajstić information content (AvgIpc) is 3.53. The third-order valence-electron chi connectivity index (χ3n) is 5.15. The predicted octanol–water partition coefficient (Wildman–Crippen LogP) is 4.57. The van der Waals surface area contributed by atoms with Crippen LogP contribution in [0.25, 0.3) is 0 Å². The number of rotatable bonds is 3. The van der Waals surface area contributed by atoms with Gasteiger partial charge in [-0.3, -0.25) is 4.79 Å². The second-order valence-corrected chi connectivity index (χ2v) is 7.01. The van der Waals surface area contributed by atoms with Crippen molar-refractivity contribution in [1.29, 1.82) is 0 Å². The fraction of sp³-hybridized carbons (Fsp3) is 0.130. The molecule has 0 aromatic heterocycles. The number of carbonyl (C=O) groups excluding carboxylic acids is 1. The van der Waals surface area contributed by atoms with Crippen LogP contribution >= 0.6 is 0 Å². The number of nitrogens with two attached hydrogens (primary N) is 1. The zero-order chi connectivity index (χ0) is 18.4. The van der Waals surface area contributed by atoms with Gasteiger partial charge in [0.25, 0.3) is 0 Å². The van der Waals surface area contributed by atoms with Crippen LogP contribution in [0.3, 0.4) is 0 Å². The molecular weight excluding hydrogens is 334 g/mol. The van der Waals surface area contributed by atoms with E-state index in [9.17, 15) is 4.79 Å². The molecule has 27 heavy (non-hydrogen) atoms. The van der Waals surface area contributed by atoms with E-state index in [1.807, 2.05) is 24.3 Å². The predicted molar refractivity (Wildman–Crippen MR) is 108 cm³/mol. The van der Waals surface area contributed by atoms with Gasteiger partial charge in [0.1, 0.15) is 0 Å². The fourth-order valence-electron chi connectivity index (χ4n) is 3.70. The van der Waals surface area contributed by atoms with Crippen LogP contribution in [-0.2, 0) is 0 Å². The number of primary amides is 1. The van der Waals surface area contributed by atoms with Gasteiger partial charge in [-0.05, 0) is 43.2 Å². The second-order valence-electron chi connectivity index (χ2n) is 7.01. The number of benzene rings is 3. The van der Waals surface area contributed by atoms with Crippen molar-refractivity contribution in [3.63, 3.8) is 0 Å². The Bertz CT molecular complexity index is 1060. The van der Waals surface area contributed by atoms with E-state index in [0.717, 1.165) is 28.2 Å². The standard InChI is InChI=1S/C23H19N3O/c24-23(27)16-11-9-15(10-12-16)22-18-5-1-3-7-20(18)26(17-13-14-17)21-8-4-2-6-19(21)25-22/h1-12,17H,13-14H2,(H2,24,27). The number of hydrogen-bond acceptors (Lipinski definition) is 3. The first-order valence-corrected chi connectivity index (χ1v) is 9.19. The summed E-state index contributed by atoms with van der Waals surface area (Å²) in [6, 6.07) is 24.6. The van der Waals surface area contributed by atoms with Gasteiger partial charge in [0.2, 0.25) is 5.91 Å². The molecule has 1 heterocycles. The number of amides is 1. The topological polar surface area (TPSA) is 58.7 Å². The van der Waals surface area contributed by atoms with E-state index < -0.39 is 5.91 Å². The van der Waals surface area contributed by atoms with Crippen molar-refractivity contribution in [2.24, 2.45) is 10.7 Å². The Morgan fingerprint density at radius 1 is 0.889 bits per heavy atom. The molecule has 0 radical (unpaired) electrons. The van der Waals surface area contributed by atoms with Gasteiger partial charge in [-0.1, -0.05) is 42.5 Å². The van der Waals surface area contributed by atoms with E-state index in [1.54, 1.807) is 12.1 Å². The molecule has 0 unspecified atom stereocenters. The Morgan fingerprint density at radius 2 is 1.56 bits per heavy atom. The lowest BCUT2D eigenvalue weighted by molar-refractivity contribution is 0.100. The second kappa shape index (κ2) is 6.09. The molecule has 3 aromatic rings. The molecule has 0 spiro atoms. The molecule has 0 saturated heterocycles. The van der Waals surface area contributed by atoms with E-state index >= 15 is 0 Å². The van der Waals surface area contributed by atoms with Crippen LogP contribution in [0.1, 0.15) is 34.3 Å². The summed E-state index contributed by atoms with van der Waals surface area (Å²) in [4.78, 5) is 18.9. The molecule has 1 amide bonds. The van der Waals surface area contributed by atoms with Crippen LogP contribution in [0, 0.1) is 0 Å². The van der Waals surface area contributed by atoms with Gasteiger partial charge in [-0.15, -0.1) is 0 Å². The highest BCUT2D eigenvalue weighted by molar-refractivity contribution is 6.19. The summed E-state index contributed by atoms with van der Waals surface area (Å²) >= 11 is 0. The Balaban J connectivity index is 1.74. The average molecular weight is 353 g/mol. The molecule has 1 saturated carbocycles. The molecule has 1 aliphatic heterocycles. The minimum Gasteiger partial charge on any atom is -0.366 e. The molecule has 2 N–H and O–H groups in total. The van der Waals surface area contributed by atoms with Crippen molar-refractivity contribution >= 4 is 28.7 Å². The molecule has 132 valence electrons. The lowest BCUT2D eigenvalue weighted by Gasteiger charge is -2.26. The molecular formula is C23H19N3O. The highest BCUT2D eigenvalue weighted by Gasteiger charge is 2.34. The lowest BCUT2D eigenvalue weighted by Crippen LogP contribution is -2.21. The summed E-state index contributed by atoms with van der Waals surface area (Å²) in [6.45, 7) is 0. The highest BCUT2D eigenvalue weighted by Crippen LogP contribution is 2.46. The molecule has 1 aliphatic carbocycles. The summed E-state index contributed by atoms with van der Waals surface area (Å²) in [5, 5.41) is 0. The first-order valence-electron chi connectivity index (χ1n) is 9.19. The van der Waals surface area contributed by atoms with Gasteiger partial charge in [0.15, 0.2) is 0 Å². The Hall–Kier alpha value is -3.40. The first kappa shape index (κ1) is 15.8. The molecule has 0 bridgehead atoms. The largest absolute Gasteiger partial charge is 0.366 e. The maximum Gasteiger partial charge on any atom is 0.248 e. The summed E-state index contributed by atoms with van der Waals surface area (Å²) in [5.74, 6) is -0.421. The third kappa shape index (κ3) is 2.70. The molecule has 3 aromatic carbocycles. The van der Waals surface area contributed by atoms with Crippen molar-refractivity contribution < 1.29 is 4.79 Å². The number of hydrogen-bond donors (Lipinski definition) is 1. The fourth-order valence-corrected chi connectivity index (χ4v) is 3.70. The van der Waals surface area contributed by atoms with Crippen LogP contribution in [0.15, 0.2) is 77.8 Å². The van der Waals surface area contributed by atoms with Crippen molar-refractivity contribution in [3.05, 3.63) is 89.5 Å². The number of aliphatic imine (C=N–C) groups is 1. The Morgan fingerprint density at radius 3 is 2.26 bits per heavy atom. The minimum absolute atomic E-state index is 0.421. The van der Waals surface area contributed by atoms with Gasteiger partial charge < -0.3 is 10.6 Å². The SMILES string of the molecule is NC(=O)c1ccc(C2=Nc3ccccc3N(C3CC3)c3ccccc32)cc1. The number of carbonyl (C=O) groups is 1. The third-order valence-corrected chi connectivity index (χ3v) is 5.15. The van der Waals surface area contributed by atoms with Crippen molar-refractivity contribution in [1.82, 2.24) is 0 Å². The van der Waals surface area contributed by atoms with Crippen molar-refractivity contribution in [2.45, 2.75) is 18.9 Å². The maximum absolute atomic E-state index is 11.4. The van der Waals surface area contributed by atoms with Crippen LogP contribution in [-0.4, -0.2) is 17.7 Å². The quantitative estimate of drug-likeness (QED) is 0.750. The highest BCUT2D eigenvalue weighted by atomic mass is 16.1. The van der Waals surface area contributed by atoms with Gasteiger partial charge in [-0.2, -0.15) is 0 Å². The van der Waals surface area contributed by atoms with Gasteiger partial charge in [-0.25, -0.2) is 4.99 Å². The Labute approximate surface area is 158 Å². The van der Waals surface area contributed by atoms with E-state index in [1.165, 1.54) is 18.5 Å². The van der Waals surface area contributed by atoms with E-state index in [0.29, 0.717) is 11.6 Å². The zero-order valence-corrected chi connectivity index (χ0v) is 14.8. The van der Waals surface area contributed by atoms with E-state index in [4.69, 9.17) is 10.7 Å². The number of fused-ring (bicyclic) bond motifs is 2. The molecule has 1 fully saturated rings. The van der Waals surface area contributed by atoms with Crippen LogP contribution < -0.4 is 10.6 Å². The van der Waals surface area contributed by atoms with Crippen molar-refractivity contribution in [2.75, 3.05) is 4.90 Å². The maximum atomic E-state index is 11.4. The van der Waals surface area contributed by atoms with E-state index in [2.05, 4.69) is 41.3 Å². The van der Waals surface area contributed by atoms with Crippen LogP contribution in [0.4, 0.5) is 17.1 Å². The zero-order valence-electron chi connectivity index (χ0n) is 14.8. The van der Waals surface area contributed by atoms with E-state index in [-0.39, 0.29) is 0 Å². The van der Waals surface area contributed by atoms with Crippen molar-refractivity contribution in [3.8, 4) is 0 Å². The van der Waals surface area contributed by atoms with Gasteiger partial charge in [0.05, 0.1) is 22.8 Å². The number of para-hydroxylation sites is 3. The minimum atomic E-state index is -0.421. The normalized spacial score (nSPS) is 15.4. The molecule has 4 heteroatoms.